The number of furan rings is 1. The van der Waals surface area contributed by atoms with E-state index in [9.17, 15) is 10.1 Å². The Bertz CT molecular complexity index is 1070. The van der Waals surface area contributed by atoms with E-state index < -0.39 is 0 Å². The summed E-state index contributed by atoms with van der Waals surface area (Å²) >= 11 is 0. The maximum atomic E-state index is 12.0. The van der Waals surface area contributed by atoms with Gasteiger partial charge in [0.05, 0.1) is 11.8 Å². The van der Waals surface area contributed by atoms with Crippen molar-refractivity contribution in [2.24, 2.45) is 5.10 Å². The third-order valence-corrected chi connectivity index (χ3v) is 4.45. The number of nitrogens with zero attached hydrogens (tertiary/aromatic N) is 4. The first-order valence-electron chi connectivity index (χ1n) is 8.37. The molecule has 0 fully saturated rings. The Morgan fingerprint density at radius 1 is 1.37 bits per heavy atom. The molecule has 0 aliphatic rings. The molecule has 3 aromatic heterocycles. The number of nitrogens with one attached hydrogen (secondary N) is 1. The molecular formula is C20H19N5O2. The van der Waals surface area contributed by atoms with Gasteiger partial charge in [-0.3, -0.25) is 14.3 Å². The van der Waals surface area contributed by atoms with Crippen molar-refractivity contribution >= 4 is 12.1 Å². The average Bonchev–Trinajstić information content (AvgIpc) is 3.10. The largest absolute Gasteiger partial charge is 0.443 e. The summed E-state index contributed by atoms with van der Waals surface area (Å²) in [5.41, 5.74) is 6.84. The summed E-state index contributed by atoms with van der Waals surface area (Å²) in [6, 6.07) is 7.48. The quantitative estimate of drug-likeness (QED) is 0.569. The van der Waals surface area contributed by atoms with Crippen molar-refractivity contribution in [3.05, 3.63) is 70.0 Å². The molecule has 7 nitrogen and oxygen atoms in total. The lowest BCUT2D eigenvalue weighted by atomic mass is 10.2. The van der Waals surface area contributed by atoms with E-state index in [0.717, 1.165) is 22.5 Å². The van der Waals surface area contributed by atoms with Crippen LogP contribution in [0.5, 0.6) is 0 Å². The van der Waals surface area contributed by atoms with Gasteiger partial charge >= 0.3 is 0 Å². The topological polar surface area (TPSA) is 96.2 Å². The van der Waals surface area contributed by atoms with Crippen LogP contribution in [0.15, 0.2) is 40.1 Å². The van der Waals surface area contributed by atoms with Crippen LogP contribution >= 0.6 is 0 Å². The molecule has 3 rings (SSSR count). The molecule has 0 radical (unpaired) electrons. The third kappa shape index (κ3) is 3.37. The highest BCUT2D eigenvalue weighted by molar-refractivity contribution is 5.94. The Labute approximate surface area is 157 Å². The molecule has 136 valence electrons. The molecule has 0 saturated heterocycles. The Morgan fingerprint density at radius 3 is 2.81 bits per heavy atom. The lowest BCUT2D eigenvalue weighted by Crippen LogP contribution is -2.17. The molecule has 27 heavy (non-hydrogen) atoms. The second-order valence-corrected chi connectivity index (χ2v) is 6.18. The number of aromatic nitrogens is 2. The summed E-state index contributed by atoms with van der Waals surface area (Å²) in [4.78, 5) is 15.9. The smallest absolute Gasteiger partial charge is 0.272 e. The third-order valence-electron chi connectivity index (χ3n) is 4.45. The maximum Gasteiger partial charge on any atom is 0.272 e. The van der Waals surface area contributed by atoms with Crippen LogP contribution in [-0.4, -0.2) is 21.7 Å². The minimum Gasteiger partial charge on any atom is -0.443 e. The van der Waals surface area contributed by atoms with Gasteiger partial charge in [0.25, 0.3) is 5.91 Å². The molecule has 0 aliphatic heterocycles. The van der Waals surface area contributed by atoms with E-state index in [1.54, 1.807) is 24.5 Å². The van der Waals surface area contributed by atoms with Crippen LogP contribution in [0, 0.1) is 39.0 Å². The lowest BCUT2D eigenvalue weighted by Gasteiger charge is -2.06. The molecule has 0 unspecified atom stereocenters. The van der Waals surface area contributed by atoms with E-state index in [1.807, 2.05) is 38.3 Å². The van der Waals surface area contributed by atoms with Gasteiger partial charge in [0.15, 0.2) is 0 Å². The monoisotopic (exact) mass is 361 g/mol. The highest BCUT2D eigenvalue weighted by Crippen LogP contribution is 2.28. The predicted octanol–water partition coefficient (Wildman–Crippen LogP) is 3.33. The summed E-state index contributed by atoms with van der Waals surface area (Å²) in [6.45, 7) is 7.54. The van der Waals surface area contributed by atoms with Crippen LogP contribution < -0.4 is 5.43 Å². The molecule has 3 aromatic rings. The maximum absolute atomic E-state index is 12.0. The fourth-order valence-electron chi connectivity index (χ4n) is 2.85. The Kier molecular flexibility index (Phi) is 4.90. The van der Waals surface area contributed by atoms with E-state index in [-0.39, 0.29) is 5.91 Å². The number of nitriles is 1. The second kappa shape index (κ2) is 7.30. The number of amides is 1. The summed E-state index contributed by atoms with van der Waals surface area (Å²) in [5.74, 6) is 0.881. The molecule has 0 atom stereocenters. The zero-order chi connectivity index (χ0) is 19.6. The SMILES string of the molecule is Cc1oc(-n2c(C)cc(C=NNC(=O)c3cccnc3)c2C)c(C#N)c1C. The van der Waals surface area contributed by atoms with Crippen molar-refractivity contribution < 1.29 is 9.21 Å². The van der Waals surface area contributed by atoms with E-state index in [2.05, 4.69) is 21.6 Å². The van der Waals surface area contributed by atoms with Crippen molar-refractivity contribution in [3.8, 4) is 12.0 Å². The molecule has 0 aromatic carbocycles. The van der Waals surface area contributed by atoms with Gasteiger partial charge in [0, 0.05) is 34.9 Å². The molecule has 1 amide bonds. The summed E-state index contributed by atoms with van der Waals surface area (Å²) in [5, 5.41) is 13.5. The first-order chi connectivity index (χ1) is 12.9. The van der Waals surface area contributed by atoms with Gasteiger partial charge in [-0.05, 0) is 45.9 Å². The number of rotatable bonds is 4. The number of carbonyl (C=O) groups is 1. The minimum atomic E-state index is -0.336. The van der Waals surface area contributed by atoms with E-state index in [4.69, 9.17) is 4.42 Å². The van der Waals surface area contributed by atoms with E-state index in [0.29, 0.717) is 22.8 Å². The number of hydrazone groups is 1. The average molecular weight is 361 g/mol. The zero-order valence-corrected chi connectivity index (χ0v) is 15.6. The van der Waals surface area contributed by atoms with Crippen molar-refractivity contribution in [1.82, 2.24) is 15.0 Å². The van der Waals surface area contributed by atoms with Crippen LogP contribution in [-0.2, 0) is 0 Å². The fraction of sp³-hybridized carbons (Fsp3) is 0.200. The van der Waals surface area contributed by atoms with Gasteiger partial charge in [0.2, 0.25) is 5.88 Å². The first kappa shape index (κ1) is 18.1. The predicted molar refractivity (Wildman–Crippen MR) is 101 cm³/mol. The van der Waals surface area contributed by atoms with Gasteiger partial charge < -0.3 is 4.42 Å². The minimum absolute atomic E-state index is 0.336. The Balaban J connectivity index is 1.88. The van der Waals surface area contributed by atoms with E-state index in [1.165, 1.54) is 6.20 Å². The van der Waals surface area contributed by atoms with Gasteiger partial charge in [-0.1, -0.05) is 0 Å². The molecular weight excluding hydrogens is 342 g/mol. The van der Waals surface area contributed by atoms with Crippen LogP contribution in [0.1, 0.15) is 44.2 Å². The van der Waals surface area contributed by atoms with Crippen molar-refractivity contribution in [2.75, 3.05) is 0 Å². The van der Waals surface area contributed by atoms with Crippen LogP contribution in [0.2, 0.25) is 0 Å². The molecule has 1 N–H and O–H groups in total. The van der Waals surface area contributed by atoms with Crippen molar-refractivity contribution in [2.45, 2.75) is 27.7 Å². The standard InChI is InChI=1S/C20H19N5O2/c1-12-8-17(11-23-24-19(26)16-6-5-7-22-10-16)14(3)25(12)20-18(9-21)13(2)15(4)27-20/h5-8,10-11H,1-4H3,(H,24,26). The summed E-state index contributed by atoms with van der Waals surface area (Å²) in [6.07, 6.45) is 4.64. The Morgan fingerprint density at radius 2 is 2.15 bits per heavy atom. The number of carbonyl (C=O) groups excluding carboxylic acids is 1. The van der Waals surface area contributed by atoms with Crippen LogP contribution in [0.25, 0.3) is 5.88 Å². The highest BCUT2D eigenvalue weighted by atomic mass is 16.4. The summed E-state index contributed by atoms with van der Waals surface area (Å²) < 4.78 is 7.69. The number of aryl methyl sites for hydroxylation is 2. The van der Waals surface area contributed by atoms with Gasteiger partial charge in [-0.15, -0.1) is 0 Å². The highest BCUT2D eigenvalue weighted by Gasteiger charge is 2.20. The van der Waals surface area contributed by atoms with Gasteiger partial charge in [-0.2, -0.15) is 10.4 Å². The molecule has 7 heteroatoms. The van der Waals surface area contributed by atoms with Gasteiger partial charge in [0.1, 0.15) is 17.4 Å². The van der Waals surface area contributed by atoms with Crippen LogP contribution in [0.4, 0.5) is 0 Å². The summed E-state index contributed by atoms with van der Waals surface area (Å²) in [7, 11) is 0. The van der Waals surface area contributed by atoms with Gasteiger partial charge in [-0.25, -0.2) is 5.43 Å². The molecule has 0 bridgehead atoms. The van der Waals surface area contributed by atoms with E-state index >= 15 is 0 Å². The van der Waals surface area contributed by atoms with Crippen molar-refractivity contribution in [1.29, 1.82) is 5.26 Å². The Hall–Kier alpha value is -3.66. The molecule has 3 heterocycles. The zero-order valence-electron chi connectivity index (χ0n) is 15.6. The molecule has 0 aliphatic carbocycles. The number of hydrogen-bond acceptors (Lipinski definition) is 5. The van der Waals surface area contributed by atoms with Crippen LogP contribution in [0.3, 0.4) is 0 Å². The molecule has 0 saturated carbocycles. The normalized spacial score (nSPS) is 10.9. The second-order valence-electron chi connectivity index (χ2n) is 6.18. The van der Waals surface area contributed by atoms with Crippen molar-refractivity contribution in [3.63, 3.8) is 0 Å². The lowest BCUT2D eigenvalue weighted by molar-refractivity contribution is 0.0954. The molecule has 0 spiro atoms. The fourth-order valence-corrected chi connectivity index (χ4v) is 2.85. The first-order valence-corrected chi connectivity index (χ1v) is 8.37. The number of pyridine rings is 1. The number of hydrogen-bond donors (Lipinski definition) is 1.